The molecule has 3 nitrogen and oxygen atoms in total. The van der Waals surface area contributed by atoms with Crippen LogP contribution in [0.2, 0.25) is 0 Å². The van der Waals surface area contributed by atoms with Gasteiger partial charge in [0.25, 0.3) is 0 Å². The Morgan fingerprint density at radius 3 is 2.55 bits per heavy atom. The molecular weight excluding hydrogens is 141 g/mol. The van der Waals surface area contributed by atoms with Crippen molar-refractivity contribution in [1.82, 2.24) is 4.98 Å². The predicted octanol–water partition coefficient (Wildman–Crippen LogP) is -0.643. The molecule has 4 heteroatoms. The molecule has 58 valence electrons. The molecule has 0 saturated carbocycles. The SMILES string of the molecule is Bc1cc(OC)cnc1OC. The zero-order valence-corrected chi connectivity index (χ0v) is 6.92. The number of hydrogen-bond donors (Lipinski definition) is 0. The van der Waals surface area contributed by atoms with Gasteiger partial charge in [0, 0.05) is 0 Å². The molecule has 0 spiro atoms. The van der Waals surface area contributed by atoms with E-state index in [0.717, 1.165) is 11.2 Å². The van der Waals surface area contributed by atoms with E-state index < -0.39 is 0 Å². The minimum absolute atomic E-state index is 0.644. The number of aromatic nitrogens is 1. The minimum atomic E-state index is 0.644. The first-order valence-electron chi connectivity index (χ1n) is 3.32. The molecule has 0 amide bonds. The molecule has 0 aromatic carbocycles. The predicted molar refractivity (Wildman–Crippen MR) is 45.5 cm³/mol. The first-order valence-corrected chi connectivity index (χ1v) is 3.32. The lowest BCUT2D eigenvalue weighted by atomic mass is 9.98. The van der Waals surface area contributed by atoms with Crippen molar-refractivity contribution >= 4 is 13.3 Å². The summed E-state index contributed by atoms with van der Waals surface area (Å²) >= 11 is 0. The number of hydrogen-bond acceptors (Lipinski definition) is 3. The van der Waals surface area contributed by atoms with Crippen molar-refractivity contribution in [2.75, 3.05) is 14.2 Å². The number of nitrogens with zero attached hydrogens (tertiary/aromatic N) is 1. The molecule has 11 heavy (non-hydrogen) atoms. The van der Waals surface area contributed by atoms with Crippen LogP contribution < -0.4 is 14.9 Å². The van der Waals surface area contributed by atoms with Crippen LogP contribution in [-0.4, -0.2) is 27.0 Å². The summed E-state index contributed by atoms with van der Waals surface area (Å²) in [5.74, 6) is 1.40. The Balaban J connectivity index is 2.99. The second kappa shape index (κ2) is 3.28. The highest BCUT2D eigenvalue weighted by molar-refractivity contribution is 6.34. The summed E-state index contributed by atoms with van der Waals surface area (Å²) in [4.78, 5) is 4.02. The van der Waals surface area contributed by atoms with Gasteiger partial charge in [0.1, 0.15) is 13.6 Å². The summed E-state index contributed by atoms with van der Waals surface area (Å²) in [6.45, 7) is 0. The van der Waals surface area contributed by atoms with E-state index in [4.69, 9.17) is 9.47 Å². The Morgan fingerprint density at radius 1 is 1.36 bits per heavy atom. The van der Waals surface area contributed by atoms with Crippen LogP contribution in [0.1, 0.15) is 0 Å². The molecule has 0 unspecified atom stereocenters. The smallest absolute Gasteiger partial charge is 0.206 e. The van der Waals surface area contributed by atoms with Gasteiger partial charge in [-0.2, -0.15) is 0 Å². The van der Waals surface area contributed by atoms with E-state index >= 15 is 0 Å². The van der Waals surface area contributed by atoms with Gasteiger partial charge in [-0.05, 0) is 11.5 Å². The maximum Gasteiger partial charge on any atom is 0.206 e. The van der Waals surface area contributed by atoms with Crippen LogP contribution in [0.5, 0.6) is 11.6 Å². The zero-order valence-electron chi connectivity index (χ0n) is 6.92. The summed E-state index contributed by atoms with van der Waals surface area (Å²) < 4.78 is 9.95. The highest BCUT2D eigenvalue weighted by Gasteiger charge is 1.99. The normalized spacial score (nSPS) is 9.27. The lowest BCUT2D eigenvalue weighted by Crippen LogP contribution is -2.09. The van der Waals surface area contributed by atoms with E-state index in [1.807, 2.05) is 13.9 Å². The maximum atomic E-state index is 4.98. The quantitative estimate of drug-likeness (QED) is 0.526. The van der Waals surface area contributed by atoms with Gasteiger partial charge in [0.2, 0.25) is 5.88 Å². The van der Waals surface area contributed by atoms with Gasteiger partial charge < -0.3 is 9.47 Å². The lowest BCUT2D eigenvalue weighted by Gasteiger charge is -2.04. The van der Waals surface area contributed by atoms with Gasteiger partial charge in [-0.3, -0.25) is 0 Å². The maximum absolute atomic E-state index is 4.98. The van der Waals surface area contributed by atoms with Crippen molar-refractivity contribution in [1.29, 1.82) is 0 Å². The van der Waals surface area contributed by atoms with Crippen molar-refractivity contribution in [2.24, 2.45) is 0 Å². The highest BCUT2D eigenvalue weighted by atomic mass is 16.5. The van der Waals surface area contributed by atoms with E-state index in [-0.39, 0.29) is 0 Å². The van der Waals surface area contributed by atoms with Gasteiger partial charge in [0.15, 0.2) is 0 Å². The Bertz CT molecular complexity index is 252. The molecule has 0 aliphatic rings. The third kappa shape index (κ3) is 1.64. The number of methoxy groups -OCH3 is 2. The molecule has 0 N–H and O–H groups in total. The third-order valence-electron chi connectivity index (χ3n) is 1.43. The Hall–Kier alpha value is -1.19. The summed E-state index contributed by atoms with van der Waals surface area (Å²) in [5, 5.41) is 0. The lowest BCUT2D eigenvalue weighted by molar-refractivity contribution is 0.391. The minimum Gasteiger partial charge on any atom is -0.495 e. The fraction of sp³-hybridized carbons (Fsp3) is 0.286. The second-order valence-corrected chi connectivity index (χ2v) is 2.20. The van der Waals surface area contributed by atoms with Gasteiger partial charge in [-0.15, -0.1) is 0 Å². The number of pyridine rings is 1. The molecule has 1 aromatic heterocycles. The molecule has 0 aliphatic heterocycles. The van der Waals surface area contributed by atoms with Crippen molar-refractivity contribution in [3.05, 3.63) is 12.3 Å². The van der Waals surface area contributed by atoms with E-state index in [2.05, 4.69) is 4.98 Å². The highest BCUT2D eigenvalue weighted by Crippen LogP contribution is 2.08. The van der Waals surface area contributed by atoms with E-state index in [1.54, 1.807) is 20.4 Å². The van der Waals surface area contributed by atoms with Gasteiger partial charge in [-0.25, -0.2) is 4.98 Å². The molecule has 0 fully saturated rings. The molecular formula is C7H10BNO2. The van der Waals surface area contributed by atoms with Crippen LogP contribution in [0.4, 0.5) is 0 Å². The van der Waals surface area contributed by atoms with Gasteiger partial charge in [0.05, 0.1) is 20.4 Å². The van der Waals surface area contributed by atoms with Gasteiger partial charge in [-0.1, -0.05) is 0 Å². The van der Waals surface area contributed by atoms with Crippen LogP contribution >= 0.6 is 0 Å². The van der Waals surface area contributed by atoms with Crippen molar-refractivity contribution in [3.8, 4) is 11.6 Å². The molecule has 0 aliphatic carbocycles. The van der Waals surface area contributed by atoms with E-state index in [1.165, 1.54) is 0 Å². The largest absolute Gasteiger partial charge is 0.495 e. The Labute approximate surface area is 66.8 Å². The van der Waals surface area contributed by atoms with Crippen LogP contribution in [0, 0.1) is 0 Å². The van der Waals surface area contributed by atoms with Crippen molar-refractivity contribution in [2.45, 2.75) is 0 Å². The molecule has 1 rings (SSSR count). The molecule has 0 radical (unpaired) electrons. The Morgan fingerprint density at radius 2 is 2.09 bits per heavy atom. The van der Waals surface area contributed by atoms with Crippen LogP contribution in [0.3, 0.4) is 0 Å². The fourth-order valence-electron chi connectivity index (χ4n) is 0.862. The van der Waals surface area contributed by atoms with E-state index in [0.29, 0.717) is 5.88 Å². The van der Waals surface area contributed by atoms with Crippen LogP contribution in [0.25, 0.3) is 0 Å². The van der Waals surface area contributed by atoms with Crippen LogP contribution in [-0.2, 0) is 0 Å². The molecule has 0 saturated heterocycles. The molecule has 1 heterocycles. The second-order valence-electron chi connectivity index (χ2n) is 2.20. The monoisotopic (exact) mass is 151 g/mol. The summed E-state index contributed by atoms with van der Waals surface area (Å²) in [5.41, 5.74) is 0.979. The van der Waals surface area contributed by atoms with Gasteiger partial charge >= 0.3 is 0 Å². The first kappa shape index (κ1) is 7.92. The van der Waals surface area contributed by atoms with Crippen molar-refractivity contribution < 1.29 is 9.47 Å². The first-order chi connectivity index (χ1) is 5.27. The number of ether oxygens (including phenoxy) is 2. The fourth-order valence-corrected chi connectivity index (χ4v) is 0.862. The topological polar surface area (TPSA) is 31.4 Å². The molecule has 1 aromatic rings. The third-order valence-corrected chi connectivity index (χ3v) is 1.43. The van der Waals surface area contributed by atoms with E-state index in [9.17, 15) is 0 Å². The molecule has 0 bridgehead atoms. The number of rotatable bonds is 2. The standard InChI is InChI=1S/C7H10BNO2/c1-10-5-3-6(8)7(11-2)9-4-5/h3-4H,8H2,1-2H3. The van der Waals surface area contributed by atoms with Crippen molar-refractivity contribution in [3.63, 3.8) is 0 Å². The average molecular weight is 151 g/mol. The van der Waals surface area contributed by atoms with Crippen LogP contribution in [0.15, 0.2) is 12.3 Å². The average Bonchev–Trinajstić information content (AvgIpc) is 2.04. The summed E-state index contributed by atoms with van der Waals surface area (Å²) in [6.07, 6.45) is 1.63. The zero-order chi connectivity index (χ0) is 8.27. The molecule has 0 atom stereocenters. The Kier molecular flexibility index (Phi) is 2.36. The summed E-state index contributed by atoms with van der Waals surface area (Å²) in [7, 11) is 5.14. The summed E-state index contributed by atoms with van der Waals surface area (Å²) in [6, 6.07) is 1.88.